The molecule has 1 aliphatic heterocycles. The Bertz CT molecular complexity index is 537. The number of nitrogens with one attached hydrogen (secondary N) is 1. The lowest BCUT2D eigenvalue weighted by molar-refractivity contribution is -0.157. The number of piperazine rings is 1. The molecule has 0 atom stereocenters. The number of hydrogen-bond acceptors (Lipinski definition) is 5. The van der Waals surface area contributed by atoms with Crippen LogP contribution in [0.15, 0.2) is 18.2 Å². The Labute approximate surface area is 142 Å². The van der Waals surface area contributed by atoms with Gasteiger partial charge < -0.3 is 14.8 Å². The van der Waals surface area contributed by atoms with Gasteiger partial charge in [0, 0.05) is 43.3 Å². The number of rotatable bonds is 5. The van der Waals surface area contributed by atoms with E-state index >= 15 is 0 Å². The van der Waals surface area contributed by atoms with E-state index in [2.05, 4.69) is 10.2 Å². The van der Waals surface area contributed by atoms with Crippen LogP contribution in [0, 0.1) is 0 Å². The SMILES string of the molecule is CC(C)(C)OC(=O)COc1ccc(Cl)cc1CN1CCNCC1. The first-order chi connectivity index (χ1) is 10.8. The molecule has 0 aliphatic carbocycles. The van der Waals surface area contributed by atoms with Crippen LogP contribution in [0.4, 0.5) is 0 Å². The van der Waals surface area contributed by atoms with Gasteiger partial charge in [-0.3, -0.25) is 4.90 Å². The van der Waals surface area contributed by atoms with E-state index in [1.165, 1.54) is 0 Å². The van der Waals surface area contributed by atoms with Crippen molar-refractivity contribution in [1.29, 1.82) is 0 Å². The topological polar surface area (TPSA) is 50.8 Å². The lowest BCUT2D eigenvalue weighted by atomic mass is 10.1. The Morgan fingerprint density at radius 3 is 2.65 bits per heavy atom. The first-order valence-corrected chi connectivity index (χ1v) is 8.27. The van der Waals surface area contributed by atoms with Crippen LogP contribution >= 0.6 is 11.6 Å². The van der Waals surface area contributed by atoms with Crippen LogP contribution in [0.2, 0.25) is 5.02 Å². The number of carbonyl (C=O) groups excluding carboxylic acids is 1. The number of esters is 1. The quantitative estimate of drug-likeness (QED) is 0.834. The molecule has 0 aromatic heterocycles. The van der Waals surface area contributed by atoms with Gasteiger partial charge in [-0.2, -0.15) is 0 Å². The van der Waals surface area contributed by atoms with E-state index in [1.807, 2.05) is 32.9 Å². The highest BCUT2D eigenvalue weighted by Crippen LogP contribution is 2.25. The lowest BCUT2D eigenvalue weighted by Crippen LogP contribution is -2.42. The summed E-state index contributed by atoms with van der Waals surface area (Å²) in [7, 11) is 0. The van der Waals surface area contributed by atoms with Gasteiger partial charge in [0.2, 0.25) is 0 Å². The number of carbonyl (C=O) groups is 1. The van der Waals surface area contributed by atoms with Gasteiger partial charge in [-0.15, -0.1) is 0 Å². The minimum absolute atomic E-state index is 0.104. The van der Waals surface area contributed by atoms with Crippen LogP contribution in [-0.2, 0) is 16.1 Å². The fourth-order valence-corrected chi connectivity index (χ4v) is 2.62. The molecule has 0 radical (unpaired) electrons. The van der Waals surface area contributed by atoms with E-state index in [4.69, 9.17) is 21.1 Å². The van der Waals surface area contributed by atoms with Crippen molar-refractivity contribution in [2.75, 3.05) is 32.8 Å². The van der Waals surface area contributed by atoms with Gasteiger partial charge in [-0.25, -0.2) is 4.79 Å². The van der Waals surface area contributed by atoms with Crippen molar-refractivity contribution in [1.82, 2.24) is 10.2 Å². The normalized spacial score (nSPS) is 16.2. The second kappa shape index (κ2) is 7.99. The molecule has 2 rings (SSSR count). The minimum atomic E-state index is -0.510. The maximum atomic E-state index is 11.8. The summed E-state index contributed by atoms with van der Waals surface area (Å²) < 4.78 is 10.9. The van der Waals surface area contributed by atoms with Gasteiger partial charge in [-0.1, -0.05) is 11.6 Å². The molecule has 0 amide bonds. The molecule has 1 aliphatic rings. The zero-order valence-corrected chi connectivity index (χ0v) is 14.8. The summed E-state index contributed by atoms with van der Waals surface area (Å²) in [5.74, 6) is 0.305. The molecule has 0 bridgehead atoms. The average molecular weight is 341 g/mol. The number of nitrogens with zero attached hydrogens (tertiary/aromatic N) is 1. The molecular formula is C17H25ClN2O3. The van der Waals surface area contributed by atoms with Gasteiger partial charge in [0.15, 0.2) is 6.61 Å². The monoisotopic (exact) mass is 340 g/mol. The summed E-state index contributed by atoms with van der Waals surface area (Å²) in [6.45, 7) is 10.1. The van der Waals surface area contributed by atoms with Crippen molar-refractivity contribution in [3.63, 3.8) is 0 Å². The third kappa shape index (κ3) is 6.37. The van der Waals surface area contributed by atoms with Crippen LogP contribution in [0.3, 0.4) is 0 Å². The molecular weight excluding hydrogens is 316 g/mol. The third-order valence-corrected chi connectivity index (χ3v) is 3.63. The Balaban J connectivity index is 1.98. The van der Waals surface area contributed by atoms with Crippen molar-refractivity contribution < 1.29 is 14.3 Å². The fourth-order valence-electron chi connectivity index (χ4n) is 2.43. The standard InChI is InChI=1S/C17H25ClN2O3/c1-17(2,3)23-16(21)12-22-15-5-4-14(18)10-13(15)11-20-8-6-19-7-9-20/h4-5,10,19H,6-9,11-12H2,1-3H3. The summed E-state index contributed by atoms with van der Waals surface area (Å²) >= 11 is 6.11. The van der Waals surface area contributed by atoms with E-state index in [0.29, 0.717) is 10.8 Å². The zero-order chi connectivity index (χ0) is 16.9. The molecule has 1 aromatic rings. The molecule has 6 heteroatoms. The summed E-state index contributed by atoms with van der Waals surface area (Å²) in [5.41, 5.74) is 0.479. The van der Waals surface area contributed by atoms with Crippen molar-refractivity contribution in [2.24, 2.45) is 0 Å². The maximum absolute atomic E-state index is 11.8. The highest BCUT2D eigenvalue weighted by Gasteiger charge is 2.18. The smallest absolute Gasteiger partial charge is 0.344 e. The first kappa shape index (κ1) is 18.0. The number of ether oxygens (including phenoxy) is 2. The second-order valence-electron chi connectivity index (χ2n) is 6.65. The van der Waals surface area contributed by atoms with Crippen molar-refractivity contribution >= 4 is 17.6 Å². The van der Waals surface area contributed by atoms with Crippen LogP contribution < -0.4 is 10.1 Å². The molecule has 128 valence electrons. The van der Waals surface area contributed by atoms with Crippen molar-refractivity contribution in [3.05, 3.63) is 28.8 Å². The highest BCUT2D eigenvalue weighted by atomic mass is 35.5. The highest BCUT2D eigenvalue weighted by molar-refractivity contribution is 6.30. The summed E-state index contributed by atoms with van der Waals surface area (Å²) in [4.78, 5) is 14.1. The lowest BCUT2D eigenvalue weighted by Gasteiger charge is -2.28. The molecule has 1 N–H and O–H groups in total. The van der Waals surface area contributed by atoms with Crippen LogP contribution in [0.1, 0.15) is 26.3 Å². The third-order valence-electron chi connectivity index (χ3n) is 3.39. The second-order valence-corrected chi connectivity index (χ2v) is 7.09. The van der Waals surface area contributed by atoms with E-state index in [-0.39, 0.29) is 12.6 Å². The largest absolute Gasteiger partial charge is 0.482 e. The van der Waals surface area contributed by atoms with Crippen molar-refractivity contribution in [3.8, 4) is 5.75 Å². The maximum Gasteiger partial charge on any atom is 0.344 e. The number of halogens is 1. The predicted octanol–water partition coefficient (Wildman–Crippen LogP) is 2.47. The molecule has 1 saturated heterocycles. The van der Waals surface area contributed by atoms with Gasteiger partial charge in [-0.05, 0) is 39.0 Å². The number of benzene rings is 1. The summed E-state index contributed by atoms with van der Waals surface area (Å²) in [6.07, 6.45) is 0. The molecule has 23 heavy (non-hydrogen) atoms. The Hall–Kier alpha value is -1.30. The molecule has 0 saturated carbocycles. The number of hydrogen-bond donors (Lipinski definition) is 1. The fraction of sp³-hybridized carbons (Fsp3) is 0.588. The Morgan fingerprint density at radius 2 is 2.00 bits per heavy atom. The molecule has 0 spiro atoms. The van der Waals surface area contributed by atoms with E-state index in [1.54, 1.807) is 6.07 Å². The van der Waals surface area contributed by atoms with Gasteiger partial charge in [0.05, 0.1) is 0 Å². The molecule has 1 heterocycles. The van der Waals surface area contributed by atoms with Gasteiger partial charge in [0.25, 0.3) is 0 Å². The minimum Gasteiger partial charge on any atom is -0.482 e. The van der Waals surface area contributed by atoms with E-state index < -0.39 is 5.60 Å². The zero-order valence-electron chi connectivity index (χ0n) is 14.0. The van der Waals surface area contributed by atoms with Crippen molar-refractivity contribution in [2.45, 2.75) is 32.9 Å². The van der Waals surface area contributed by atoms with E-state index in [9.17, 15) is 4.79 Å². The predicted molar refractivity (Wildman–Crippen MR) is 90.9 cm³/mol. The average Bonchev–Trinajstić information content (AvgIpc) is 2.46. The van der Waals surface area contributed by atoms with Gasteiger partial charge >= 0.3 is 5.97 Å². The summed E-state index contributed by atoms with van der Waals surface area (Å²) in [5, 5.41) is 3.99. The first-order valence-electron chi connectivity index (χ1n) is 7.90. The van der Waals surface area contributed by atoms with E-state index in [0.717, 1.165) is 38.3 Å². The molecule has 1 aromatic carbocycles. The van der Waals surface area contributed by atoms with Crippen LogP contribution in [0.5, 0.6) is 5.75 Å². The van der Waals surface area contributed by atoms with Gasteiger partial charge in [0.1, 0.15) is 11.4 Å². The Morgan fingerprint density at radius 1 is 1.30 bits per heavy atom. The van der Waals surface area contributed by atoms with Crippen LogP contribution in [0.25, 0.3) is 0 Å². The van der Waals surface area contributed by atoms with Crippen LogP contribution in [-0.4, -0.2) is 49.3 Å². The Kier molecular flexibility index (Phi) is 6.27. The molecule has 1 fully saturated rings. The molecule has 0 unspecified atom stereocenters. The molecule has 5 nitrogen and oxygen atoms in total. The summed E-state index contributed by atoms with van der Waals surface area (Å²) in [6, 6.07) is 5.48.